The van der Waals surface area contributed by atoms with E-state index < -0.39 is 29.8 Å². The number of aliphatic hydroxyl groups excluding tert-OH is 1. The SMILES string of the molecule is CCC[C@@H]1C=C[C@H]2[C@H](C(=O)N([C@@H](CO)C(C)C)[C@@H]2C(=O)NCc2ccccc2)[C@@H]1C(=O)OCC. The van der Waals surface area contributed by atoms with Crippen LogP contribution in [0.15, 0.2) is 42.5 Å². The Morgan fingerprint density at radius 2 is 1.85 bits per heavy atom. The third kappa shape index (κ3) is 5.19. The molecule has 7 nitrogen and oxygen atoms in total. The molecule has 3 rings (SSSR count). The first-order valence-electron chi connectivity index (χ1n) is 12.4. The average molecular weight is 471 g/mol. The normalized spacial score (nSPS) is 26.9. The topological polar surface area (TPSA) is 95.9 Å². The van der Waals surface area contributed by atoms with Crippen LogP contribution in [0.5, 0.6) is 0 Å². The quantitative estimate of drug-likeness (QED) is 0.405. The maximum absolute atomic E-state index is 13.9. The zero-order valence-corrected chi connectivity index (χ0v) is 20.6. The first kappa shape index (κ1) is 25.9. The lowest BCUT2D eigenvalue weighted by Crippen LogP contribution is -2.53. The minimum absolute atomic E-state index is 0.0602. The molecule has 1 heterocycles. The summed E-state index contributed by atoms with van der Waals surface area (Å²) in [6.45, 7) is 7.97. The molecule has 0 unspecified atom stereocenters. The van der Waals surface area contributed by atoms with Crippen LogP contribution >= 0.6 is 0 Å². The number of hydrogen-bond donors (Lipinski definition) is 2. The summed E-state index contributed by atoms with van der Waals surface area (Å²) in [6.07, 6.45) is 5.56. The van der Waals surface area contributed by atoms with Crippen molar-refractivity contribution < 1.29 is 24.2 Å². The van der Waals surface area contributed by atoms with Gasteiger partial charge in [0.2, 0.25) is 11.8 Å². The summed E-state index contributed by atoms with van der Waals surface area (Å²) in [6, 6.07) is 8.27. The average Bonchev–Trinajstić information content (AvgIpc) is 3.11. The lowest BCUT2D eigenvalue weighted by Gasteiger charge is -2.35. The second-order valence-corrected chi connectivity index (χ2v) is 9.61. The van der Waals surface area contributed by atoms with Crippen LogP contribution in [-0.2, 0) is 25.7 Å². The lowest BCUT2D eigenvalue weighted by atomic mass is 9.69. The monoisotopic (exact) mass is 470 g/mol. The molecule has 2 amide bonds. The molecular formula is C27H38N2O5. The summed E-state index contributed by atoms with van der Waals surface area (Å²) in [7, 11) is 0. The maximum atomic E-state index is 13.9. The number of carbonyl (C=O) groups is 3. The molecule has 34 heavy (non-hydrogen) atoms. The summed E-state index contributed by atoms with van der Waals surface area (Å²) in [5.74, 6) is -2.86. The molecule has 7 heteroatoms. The molecule has 0 spiro atoms. The molecule has 1 aromatic rings. The Bertz CT molecular complexity index is 884. The summed E-state index contributed by atoms with van der Waals surface area (Å²) in [4.78, 5) is 42.0. The van der Waals surface area contributed by atoms with Gasteiger partial charge in [-0.1, -0.05) is 69.7 Å². The third-order valence-corrected chi connectivity index (χ3v) is 7.12. The Balaban J connectivity index is 1.99. The summed E-state index contributed by atoms with van der Waals surface area (Å²) in [5, 5.41) is 13.2. The van der Waals surface area contributed by atoms with E-state index in [1.807, 2.05) is 63.3 Å². The van der Waals surface area contributed by atoms with Crippen LogP contribution in [0.3, 0.4) is 0 Å². The van der Waals surface area contributed by atoms with Crippen LogP contribution in [0.1, 0.15) is 46.1 Å². The van der Waals surface area contributed by atoms with Gasteiger partial charge in [-0.15, -0.1) is 0 Å². The Hall–Kier alpha value is -2.67. The molecule has 186 valence electrons. The number of benzene rings is 1. The number of aliphatic hydroxyl groups is 1. The van der Waals surface area contributed by atoms with E-state index in [1.54, 1.807) is 11.8 Å². The van der Waals surface area contributed by atoms with Gasteiger partial charge in [-0.05, 0) is 30.7 Å². The van der Waals surface area contributed by atoms with Crippen LogP contribution in [0.4, 0.5) is 0 Å². The molecule has 6 atom stereocenters. The number of allylic oxidation sites excluding steroid dienone is 1. The third-order valence-electron chi connectivity index (χ3n) is 7.12. The molecule has 2 N–H and O–H groups in total. The predicted octanol–water partition coefficient (Wildman–Crippen LogP) is 2.93. The molecule has 0 aromatic heterocycles. The van der Waals surface area contributed by atoms with Gasteiger partial charge < -0.3 is 20.1 Å². The van der Waals surface area contributed by atoms with E-state index in [2.05, 4.69) is 5.32 Å². The second kappa shape index (κ2) is 11.6. The Kier molecular flexibility index (Phi) is 8.89. The predicted molar refractivity (Wildman–Crippen MR) is 129 cm³/mol. The Labute approximate surface area is 202 Å². The van der Waals surface area contributed by atoms with Crippen molar-refractivity contribution in [2.45, 2.75) is 59.2 Å². The second-order valence-electron chi connectivity index (χ2n) is 9.61. The molecule has 1 aliphatic heterocycles. The number of hydrogen-bond acceptors (Lipinski definition) is 5. The highest BCUT2D eigenvalue weighted by molar-refractivity contribution is 5.96. The van der Waals surface area contributed by atoms with Crippen molar-refractivity contribution in [2.24, 2.45) is 29.6 Å². The number of carbonyl (C=O) groups excluding carboxylic acids is 3. The van der Waals surface area contributed by atoms with Crippen LogP contribution in [-0.4, -0.2) is 53.1 Å². The van der Waals surface area contributed by atoms with E-state index in [9.17, 15) is 19.5 Å². The summed E-state index contributed by atoms with van der Waals surface area (Å²) < 4.78 is 5.39. The highest BCUT2D eigenvalue weighted by atomic mass is 16.5. The van der Waals surface area contributed by atoms with E-state index in [-0.39, 0.29) is 42.8 Å². The molecule has 2 aliphatic rings. The molecule has 1 aromatic carbocycles. The minimum Gasteiger partial charge on any atom is -0.466 e. The fraction of sp³-hybridized carbons (Fsp3) is 0.593. The van der Waals surface area contributed by atoms with Gasteiger partial charge >= 0.3 is 5.97 Å². The number of rotatable bonds is 10. The number of ether oxygens (including phenoxy) is 1. The fourth-order valence-corrected chi connectivity index (χ4v) is 5.48. The van der Waals surface area contributed by atoms with Gasteiger partial charge in [0, 0.05) is 12.5 Å². The van der Waals surface area contributed by atoms with Crippen LogP contribution < -0.4 is 5.32 Å². The molecule has 0 saturated carbocycles. The highest BCUT2D eigenvalue weighted by Crippen LogP contribution is 2.46. The van der Waals surface area contributed by atoms with Gasteiger partial charge in [0.25, 0.3) is 0 Å². The Morgan fingerprint density at radius 3 is 2.44 bits per heavy atom. The summed E-state index contributed by atoms with van der Waals surface area (Å²) in [5.41, 5.74) is 0.956. The number of likely N-dealkylation sites (tertiary alicyclic amines) is 1. The van der Waals surface area contributed by atoms with Crippen molar-refractivity contribution in [1.82, 2.24) is 10.2 Å². The largest absolute Gasteiger partial charge is 0.466 e. The molecular weight excluding hydrogens is 432 g/mol. The van der Waals surface area contributed by atoms with Gasteiger partial charge in [-0.3, -0.25) is 14.4 Å². The summed E-state index contributed by atoms with van der Waals surface area (Å²) >= 11 is 0. The minimum atomic E-state index is -0.795. The van der Waals surface area contributed by atoms with E-state index in [0.717, 1.165) is 18.4 Å². The zero-order valence-electron chi connectivity index (χ0n) is 20.6. The number of esters is 1. The Morgan fingerprint density at radius 1 is 1.15 bits per heavy atom. The van der Waals surface area contributed by atoms with Crippen LogP contribution in [0.2, 0.25) is 0 Å². The van der Waals surface area contributed by atoms with Crippen molar-refractivity contribution >= 4 is 17.8 Å². The number of fused-ring (bicyclic) bond motifs is 1. The van der Waals surface area contributed by atoms with E-state index in [1.165, 1.54) is 0 Å². The zero-order chi connectivity index (χ0) is 24.8. The van der Waals surface area contributed by atoms with Crippen molar-refractivity contribution in [1.29, 1.82) is 0 Å². The first-order chi connectivity index (χ1) is 16.3. The van der Waals surface area contributed by atoms with Gasteiger partial charge in [-0.2, -0.15) is 0 Å². The van der Waals surface area contributed by atoms with Crippen molar-refractivity contribution in [3.63, 3.8) is 0 Å². The smallest absolute Gasteiger partial charge is 0.310 e. The maximum Gasteiger partial charge on any atom is 0.310 e. The molecule has 1 aliphatic carbocycles. The number of nitrogens with one attached hydrogen (secondary N) is 1. The van der Waals surface area contributed by atoms with Gasteiger partial charge in [0.1, 0.15) is 6.04 Å². The number of nitrogens with zero attached hydrogens (tertiary/aromatic N) is 1. The van der Waals surface area contributed by atoms with Gasteiger partial charge in [0.05, 0.1) is 31.1 Å². The van der Waals surface area contributed by atoms with E-state index in [0.29, 0.717) is 6.54 Å². The van der Waals surface area contributed by atoms with Gasteiger partial charge in [-0.25, -0.2) is 0 Å². The van der Waals surface area contributed by atoms with Crippen LogP contribution in [0.25, 0.3) is 0 Å². The van der Waals surface area contributed by atoms with Crippen molar-refractivity contribution in [3.8, 4) is 0 Å². The van der Waals surface area contributed by atoms with Gasteiger partial charge in [0.15, 0.2) is 0 Å². The molecule has 0 radical (unpaired) electrons. The first-order valence-corrected chi connectivity index (χ1v) is 12.4. The fourth-order valence-electron chi connectivity index (χ4n) is 5.48. The molecule has 1 fully saturated rings. The highest BCUT2D eigenvalue weighted by Gasteiger charge is 2.59. The van der Waals surface area contributed by atoms with Crippen molar-refractivity contribution in [2.75, 3.05) is 13.2 Å². The number of amides is 2. The van der Waals surface area contributed by atoms with E-state index >= 15 is 0 Å². The standard InChI is InChI=1S/C27H38N2O5/c1-5-10-19-13-14-20-23(22(19)27(33)34-6-2)26(32)29(21(16-30)17(3)4)24(20)25(31)28-15-18-11-8-7-9-12-18/h7-9,11-14,17,19-24,30H,5-6,10,15-16H2,1-4H3,(H,28,31)/t19-,20+,21+,22-,23+,24+/m1/s1. The van der Waals surface area contributed by atoms with E-state index in [4.69, 9.17) is 4.74 Å². The lowest BCUT2D eigenvalue weighted by molar-refractivity contribution is -0.156. The molecule has 0 bridgehead atoms. The van der Waals surface area contributed by atoms with Crippen LogP contribution in [0, 0.1) is 29.6 Å². The molecule has 1 saturated heterocycles. The van der Waals surface area contributed by atoms with Crippen molar-refractivity contribution in [3.05, 3.63) is 48.0 Å².